The minimum absolute atomic E-state index is 0.00694. The first-order valence-corrected chi connectivity index (χ1v) is 6.22. The lowest BCUT2D eigenvalue weighted by Crippen LogP contribution is -2.41. The van der Waals surface area contributed by atoms with Gasteiger partial charge in [0.05, 0.1) is 6.61 Å². The van der Waals surface area contributed by atoms with Crippen molar-refractivity contribution >= 4 is 0 Å². The van der Waals surface area contributed by atoms with Crippen LogP contribution in [0.5, 0.6) is 0 Å². The fourth-order valence-electron chi connectivity index (χ4n) is 1.89. The summed E-state index contributed by atoms with van der Waals surface area (Å²) < 4.78 is 16.6. The average molecular weight is 263 g/mol. The third-order valence-electron chi connectivity index (χ3n) is 2.58. The van der Waals surface area contributed by atoms with Gasteiger partial charge in [0.15, 0.2) is 11.6 Å². The van der Waals surface area contributed by atoms with E-state index < -0.39 is 11.6 Å². The number of ether oxygens (including phenoxy) is 3. The lowest BCUT2D eigenvalue weighted by molar-refractivity contribution is -0.152. The molecular weight excluding hydrogens is 238 g/mol. The molecule has 6 heteroatoms. The van der Waals surface area contributed by atoms with Gasteiger partial charge in [-0.25, -0.2) is 0 Å². The number of aliphatic hydroxyl groups is 2. The fourth-order valence-corrected chi connectivity index (χ4v) is 1.89. The third-order valence-corrected chi connectivity index (χ3v) is 2.58. The molecule has 6 nitrogen and oxygen atoms in total. The average Bonchev–Trinajstić information content (AvgIpc) is 2.69. The highest BCUT2D eigenvalue weighted by molar-refractivity contribution is 4.89. The maximum absolute atomic E-state index is 8.08. The predicted molar refractivity (Wildman–Crippen MR) is 65.8 cm³/mol. The molecule has 0 saturated carbocycles. The van der Waals surface area contributed by atoms with Gasteiger partial charge in [-0.15, -0.1) is 0 Å². The van der Waals surface area contributed by atoms with E-state index in [4.69, 9.17) is 30.2 Å². The van der Waals surface area contributed by atoms with Crippen LogP contribution in [-0.4, -0.2) is 53.3 Å². The molecule has 0 aromatic rings. The van der Waals surface area contributed by atoms with Gasteiger partial charge in [0.25, 0.3) is 0 Å². The first-order chi connectivity index (χ1) is 8.08. The van der Waals surface area contributed by atoms with E-state index in [9.17, 15) is 0 Å². The molecule has 2 rings (SSSR count). The van der Waals surface area contributed by atoms with Gasteiger partial charge in [-0.05, 0) is 34.1 Å². The molecule has 1 unspecified atom stereocenters. The van der Waals surface area contributed by atoms with E-state index in [-0.39, 0.29) is 18.2 Å². The predicted octanol–water partition coefficient (Wildman–Crippen LogP) is -0.0388. The fraction of sp³-hybridized carbons (Fsp3) is 1.00. The molecule has 0 bridgehead atoms. The summed E-state index contributed by atoms with van der Waals surface area (Å²) in [6.07, 6.45) is 0.944. The zero-order valence-electron chi connectivity index (χ0n) is 11.5. The molecule has 0 aromatic carbocycles. The summed E-state index contributed by atoms with van der Waals surface area (Å²) in [4.78, 5) is 0. The second-order valence-electron chi connectivity index (χ2n) is 5.65. The molecule has 2 saturated heterocycles. The van der Waals surface area contributed by atoms with Gasteiger partial charge in [-0.2, -0.15) is 0 Å². The second-order valence-corrected chi connectivity index (χ2v) is 5.65. The van der Waals surface area contributed by atoms with Crippen LogP contribution in [-0.2, 0) is 14.2 Å². The summed E-state index contributed by atoms with van der Waals surface area (Å²) in [6.45, 7) is 7.75. The Labute approximate surface area is 108 Å². The Hall–Kier alpha value is -0.240. The van der Waals surface area contributed by atoms with Gasteiger partial charge in [0.1, 0.15) is 12.2 Å². The Morgan fingerprint density at radius 1 is 1.28 bits per heavy atom. The van der Waals surface area contributed by atoms with Gasteiger partial charge in [0.2, 0.25) is 0 Å². The van der Waals surface area contributed by atoms with Crippen molar-refractivity contribution in [1.29, 1.82) is 0 Å². The minimum Gasteiger partial charge on any atom is -0.374 e. The van der Waals surface area contributed by atoms with Crippen LogP contribution >= 0.6 is 0 Å². The molecule has 2 fully saturated rings. The summed E-state index contributed by atoms with van der Waals surface area (Å²) >= 11 is 0. The van der Waals surface area contributed by atoms with E-state index in [1.54, 1.807) is 0 Å². The van der Waals surface area contributed by atoms with Crippen molar-refractivity contribution in [3.05, 3.63) is 0 Å². The third kappa shape index (κ3) is 5.60. The molecule has 108 valence electrons. The lowest BCUT2D eigenvalue weighted by Gasteiger charge is -2.22. The summed E-state index contributed by atoms with van der Waals surface area (Å²) in [7, 11) is 0. The SMILES string of the molecule is CC(C)(O)O.CC1(C)OC[C@H](C2OCC[C@@H]2N)O1. The number of hydrogen-bond donors (Lipinski definition) is 3. The van der Waals surface area contributed by atoms with Crippen LogP contribution in [0.15, 0.2) is 0 Å². The van der Waals surface area contributed by atoms with Crippen LogP contribution in [0.25, 0.3) is 0 Å². The first-order valence-electron chi connectivity index (χ1n) is 6.22. The molecule has 0 aromatic heterocycles. The Kier molecular flexibility index (Phi) is 5.11. The van der Waals surface area contributed by atoms with Crippen LogP contribution in [0.1, 0.15) is 34.1 Å². The summed E-state index contributed by atoms with van der Waals surface area (Å²) in [5.41, 5.74) is 5.89. The van der Waals surface area contributed by atoms with Crippen molar-refractivity contribution in [2.45, 2.75) is 63.9 Å². The molecule has 0 aliphatic carbocycles. The van der Waals surface area contributed by atoms with Crippen molar-refractivity contribution in [3.8, 4) is 0 Å². The molecule has 2 aliphatic heterocycles. The van der Waals surface area contributed by atoms with Gasteiger partial charge < -0.3 is 30.2 Å². The van der Waals surface area contributed by atoms with E-state index in [0.29, 0.717) is 6.61 Å². The lowest BCUT2D eigenvalue weighted by atomic mass is 10.1. The summed E-state index contributed by atoms with van der Waals surface area (Å²) in [5, 5.41) is 16.2. The standard InChI is InChI=1S/C9H17NO3.C3H8O2/c1-9(2)12-5-7(13-9)8-6(10)3-4-11-8;1-3(2,4)5/h6-8H,3-5,10H2,1-2H3;4-5H,1-2H3/t6-,7+,8?;/m0./s1. The van der Waals surface area contributed by atoms with Gasteiger partial charge >= 0.3 is 0 Å². The van der Waals surface area contributed by atoms with E-state index >= 15 is 0 Å². The quantitative estimate of drug-likeness (QED) is 0.575. The highest BCUT2D eigenvalue weighted by Gasteiger charge is 2.42. The largest absolute Gasteiger partial charge is 0.374 e. The zero-order valence-corrected chi connectivity index (χ0v) is 11.5. The number of rotatable bonds is 1. The molecule has 0 amide bonds. The molecule has 4 N–H and O–H groups in total. The van der Waals surface area contributed by atoms with Crippen molar-refractivity contribution in [1.82, 2.24) is 0 Å². The molecule has 0 radical (unpaired) electrons. The van der Waals surface area contributed by atoms with Gasteiger partial charge in [-0.3, -0.25) is 0 Å². The molecule has 2 aliphatic rings. The van der Waals surface area contributed by atoms with Crippen LogP contribution < -0.4 is 5.73 Å². The van der Waals surface area contributed by atoms with E-state index in [1.807, 2.05) is 13.8 Å². The number of hydrogen-bond acceptors (Lipinski definition) is 6. The van der Waals surface area contributed by atoms with E-state index in [2.05, 4.69) is 0 Å². The summed E-state index contributed by atoms with van der Waals surface area (Å²) in [5.74, 6) is -1.98. The zero-order chi connectivity index (χ0) is 14.0. The molecule has 18 heavy (non-hydrogen) atoms. The minimum atomic E-state index is -1.50. The number of nitrogens with two attached hydrogens (primary N) is 1. The monoisotopic (exact) mass is 263 g/mol. The van der Waals surface area contributed by atoms with Crippen LogP contribution in [0.2, 0.25) is 0 Å². The normalized spacial score (nSPS) is 35.2. The van der Waals surface area contributed by atoms with Crippen molar-refractivity contribution in [2.24, 2.45) is 5.73 Å². The van der Waals surface area contributed by atoms with Gasteiger partial charge in [-0.1, -0.05) is 0 Å². The van der Waals surface area contributed by atoms with Crippen LogP contribution in [0, 0.1) is 0 Å². The second kappa shape index (κ2) is 5.81. The molecule has 2 heterocycles. The van der Waals surface area contributed by atoms with Gasteiger partial charge in [0, 0.05) is 12.6 Å². The Bertz CT molecular complexity index is 258. The van der Waals surface area contributed by atoms with Crippen molar-refractivity contribution in [2.75, 3.05) is 13.2 Å². The topological polar surface area (TPSA) is 94.2 Å². The van der Waals surface area contributed by atoms with E-state index in [1.165, 1.54) is 13.8 Å². The Morgan fingerprint density at radius 3 is 2.17 bits per heavy atom. The first kappa shape index (κ1) is 15.8. The molecule has 3 atom stereocenters. The van der Waals surface area contributed by atoms with Crippen LogP contribution in [0.3, 0.4) is 0 Å². The Morgan fingerprint density at radius 2 is 1.83 bits per heavy atom. The highest BCUT2D eigenvalue weighted by Crippen LogP contribution is 2.28. The maximum Gasteiger partial charge on any atom is 0.163 e. The maximum atomic E-state index is 8.08. The van der Waals surface area contributed by atoms with Crippen LogP contribution in [0.4, 0.5) is 0 Å². The van der Waals surface area contributed by atoms with Crippen molar-refractivity contribution in [3.63, 3.8) is 0 Å². The smallest absolute Gasteiger partial charge is 0.163 e. The molecular formula is C12H25NO5. The highest BCUT2D eigenvalue weighted by atomic mass is 16.7. The molecule has 0 spiro atoms. The Balaban J connectivity index is 0.000000280. The van der Waals surface area contributed by atoms with E-state index in [0.717, 1.165) is 13.0 Å². The summed E-state index contributed by atoms with van der Waals surface area (Å²) in [6, 6.07) is 0.0995. The van der Waals surface area contributed by atoms with Crippen molar-refractivity contribution < 1.29 is 24.4 Å².